The quantitative estimate of drug-likeness (QED) is 0.685. The van der Waals surface area contributed by atoms with Crippen LogP contribution in [0.5, 0.6) is 0 Å². The summed E-state index contributed by atoms with van der Waals surface area (Å²) in [6, 6.07) is -0.158. The molecule has 1 saturated heterocycles. The first-order valence-electron chi connectivity index (χ1n) is 5.96. The second-order valence-corrected chi connectivity index (χ2v) is 4.39. The Hall–Kier alpha value is -0.750. The minimum atomic E-state index is -2.45. The van der Waals surface area contributed by atoms with Crippen LogP contribution in [0.1, 0.15) is 19.8 Å². The standard InChI is InChI=1S/C11H20F2N2O2/c1-8-2-3-14-9(6-8)11(16)15-4-5-17-7-10(12)13/h8-10,14H,2-7H2,1H3,(H,15,16). The Labute approximate surface area is 100 Å². The second-order valence-electron chi connectivity index (χ2n) is 4.39. The maximum Gasteiger partial charge on any atom is 0.261 e. The number of amides is 1. The number of hydrogen-bond acceptors (Lipinski definition) is 3. The SMILES string of the molecule is CC1CCNC(C(=O)NCCOCC(F)F)C1. The molecule has 1 heterocycles. The first-order chi connectivity index (χ1) is 8.09. The lowest BCUT2D eigenvalue weighted by molar-refractivity contribution is -0.124. The topological polar surface area (TPSA) is 50.4 Å². The van der Waals surface area contributed by atoms with Crippen molar-refractivity contribution in [3.63, 3.8) is 0 Å². The average Bonchev–Trinajstić information content (AvgIpc) is 2.28. The van der Waals surface area contributed by atoms with Gasteiger partial charge in [-0.1, -0.05) is 6.92 Å². The highest BCUT2D eigenvalue weighted by Crippen LogP contribution is 2.14. The van der Waals surface area contributed by atoms with Gasteiger partial charge in [-0.3, -0.25) is 4.79 Å². The fraction of sp³-hybridized carbons (Fsp3) is 0.909. The van der Waals surface area contributed by atoms with E-state index in [0.717, 1.165) is 19.4 Å². The van der Waals surface area contributed by atoms with Crippen LogP contribution >= 0.6 is 0 Å². The van der Waals surface area contributed by atoms with Crippen LogP contribution in [-0.4, -0.2) is 44.7 Å². The lowest BCUT2D eigenvalue weighted by Crippen LogP contribution is -2.49. The fourth-order valence-electron chi connectivity index (χ4n) is 1.85. The number of carbonyl (C=O) groups is 1. The third kappa shape index (κ3) is 5.93. The highest BCUT2D eigenvalue weighted by Gasteiger charge is 2.23. The van der Waals surface area contributed by atoms with Gasteiger partial charge >= 0.3 is 0 Å². The first kappa shape index (κ1) is 14.3. The van der Waals surface area contributed by atoms with Crippen LogP contribution in [0.2, 0.25) is 0 Å². The summed E-state index contributed by atoms with van der Waals surface area (Å²) in [6.45, 7) is 2.79. The molecule has 2 N–H and O–H groups in total. The van der Waals surface area contributed by atoms with Gasteiger partial charge in [0.25, 0.3) is 6.43 Å². The number of alkyl halides is 2. The van der Waals surface area contributed by atoms with E-state index < -0.39 is 13.0 Å². The van der Waals surface area contributed by atoms with E-state index in [1.54, 1.807) is 0 Å². The van der Waals surface area contributed by atoms with E-state index >= 15 is 0 Å². The molecule has 1 rings (SSSR count). The van der Waals surface area contributed by atoms with Crippen molar-refractivity contribution in [2.75, 3.05) is 26.3 Å². The summed E-state index contributed by atoms with van der Waals surface area (Å²) in [7, 11) is 0. The first-order valence-corrected chi connectivity index (χ1v) is 5.96. The number of hydrogen-bond donors (Lipinski definition) is 2. The molecule has 1 fully saturated rings. The molecule has 0 aromatic carbocycles. The predicted molar refractivity (Wildman–Crippen MR) is 60.0 cm³/mol. The van der Waals surface area contributed by atoms with E-state index in [1.807, 2.05) is 0 Å². The minimum Gasteiger partial charge on any atom is -0.374 e. The fourth-order valence-corrected chi connectivity index (χ4v) is 1.85. The average molecular weight is 250 g/mol. The van der Waals surface area contributed by atoms with E-state index in [4.69, 9.17) is 0 Å². The molecule has 1 amide bonds. The zero-order valence-corrected chi connectivity index (χ0v) is 10.0. The maximum atomic E-state index is 11.7. The molecule has 2 atom stereocenters. The Morgan fingerprint density at radius 3 is 3.00 bits per heavy atom. The van der Waals surface area contributed by atoms with E-state index in [1.165, 1.54) is 0 Å². The van der Waals surface area contributed by atoms with Crippen molar-refractivity contribution in [2.45, 2.75) is 32.2 Å². The highest BCUT2D eigenvalue weighted by atomic mass is 19.3. The smallest absolute Gasteiger partial charge is 0.261 e. The summed E-state index contributed by atoms with van der Waals surface area (Å²) < 4.78 is 28.1. The largest absolute Gasteiger partial charge is 0.374 e. The van der Waals surface area contributed by atoms with Gasteiger partial charge in [-0.05, 0) is 25.3 Å². The molecule has 17 heavy (non-hydrogen) atoms. The van der Waals surface area contributed by atoms with Gasteiger partial charge in [0.1, 0.15) is 6.61 Å². The van der Waals surface area contributed by atoms with Crippen LogP contribution in [0.25, 0.3) is 0 Å². The maximum absolute atomic E-state index is 11.7. The summed E-state index contributed by atoms with van der Waals surface area (Å²) in [4.78, 5) is 11.7. The molecule has 4 nitrogen and oxygen atoms in total. The summed E-state index contributed by atoms with van der Waals surface area (Å²) in [5, 5.41) is 5.81. The molecule has 1 aliphatic heterocycles. The lowest BCUT2D eigenvalue weighted by atomic mass is 9.94. The van der Waals surface area contributed by atoms with Gasteiger partial charge in [-0.25, -0.2) is 8.78 Å². The van der Waals surface area contributed by atoms with Gasteiger partial charge in [-0.15, -0.1) is 0 Å². The normalized spacial score (nSPS) is 24.9. The number of halogens is 2. The molecule has 1 aliphatic rings. The van der Waals surface area contributed by atoms with Crippen molar-refractivity contribution in [3.8, 4) is 0 Å². The van der Waals surface area contributed by atoms with E-state index in [-0.39, 0.29) is 25.1 Å². The highest BCUT2D eigenvalue weighted by molar-refractivity contribution is 5.81. The molecule has 2 unspecified atom stereocenters. The number of rotatable bonds is 6. The van der Waals surface area contributed by atoms with Gasteiger partial charge in [0.15, 0.2) is 0 Å². The molecule has 0 spiro atoms. The van der Waals surface area contributed by atoms with E-state index in [9.17, 15) is 13.6 Å². The molecule has 0 saturated carbocycles. The molecule has 6 heteroatoms. The van der Waals surface area contributed by atoms with Crippen molar-refractivity contribution in [1.82, 2.24) is 10.6 Å². The zero-order valence-electron chi connectivity index (χ0n) is 10.0. The van der Waals surface area contributed by atoms with Crippen LogP contribution in [0, 0.1) is 5.92 Å². The molecule has 0 radical (unpaired) electrons. The van der Waals surface area contributed by atoms with Crippen LogP contribution in [0.4, 0.5) is 8.78 Å². The minimum absolute atomic E-state index is 0.0720. The third-order valence-electron chi connectivity index (χ3n) is 2.77. The Bertz CT molecular complexity index is 240. The molecular formula is C11H20F2N2O2. The molecule has 0 bridgehead atoms. The van der Waals surface area contributed by atoms with Gasteiger partial charge in [0.2, 0.25) is 5.91 Å². The van der Waals surface area contributed by atoms with Crippen LogP contribution in [0.3, 0.4) is 0 Å². The Morgan fingerprint density at radius 1 is 1.59 bits per heavy atom. The molecule has 0 aliphatic carbocycles. The number of carbonyl (C=O) groups excluding carboxylic acids is 1. The van der Waals surface area contributed by atoms with Crippen LogP contribution < -0.4 is 10.6 Å². The summed E-state index contributed by atoms with van der Waals surface area (Å²) in [5.41, 5.74) is 0. The number of nitrogens with one attached hydrogen (secondary N) is 2. The van der Waals surface area contributed by atoms with E-state index in [2.05, 4.69) is 22.3 Å². The number of ether oxygens (including phenoxy) is 1. The third-order valence-corrected chi connectivity index (χ3v) is 2.77. The molecular weight excluding hydrogens is 230 g/mol. The monoisotopic (exact) mass is 250 g/mol. The van der Waals surface area contributed by atoms with Gasteiger partial charge in [0.05, 0.1) is 12.6 Å². The van der Waals surface area contributed by atoms with Gasteiger partial charge in [0, 0.05) is 6.54 Å². The Balaban J connectivity index is 2.08. The zero-order chi connectivity index (χ0) is 12.7. The molecule has 0 aromatic rings. The van der Waals surface area contributed by atoms with Crippen molar-refractivity contribution >= 4 is 5.91 Å². The van der Waals surface area contributed by atoms with Crippen molar-refractivity contribution in [1.29, 1.82) is 0 Å². The number of piperidine rings is 1. The van der Waals surface area contributed by atoms with Gasteiger partial charge < -0.3 is 15.4 Å². The molecule has 100 valence electrons. The lowest BCUT2D eigenvalue weighted by Gasteiger charge is -2.27. The summed E-state index contributed by atoms with van der Waals surface area (Å²) in [6.07, 6.45) is -0.545. The van der Waals surface area contributed by atoms with Crippen molar-refractivity contribution < 1.29 is 18.3 Å². The predicted octanol–water partition coefficient (Wildman–Crippen LogP) is 0.772. The van der Waals surface area contributed by atoms with Crippen LogP contribution in [0.15, 0.2) is 0 Å². The Morgan fingerprint density at radius 2 is 2.35 bits per heavy atom. The molecule has 0 aromatic heterocycles. The second kappa shape index (κ2) is 7.55. The summed E-state index contributed by atoms with van der Waals surface area (Å²) in [5.74, 6) is 0.472. The summed E-state index contributed by atoms with van der Waals surface area (Å²) >= 11 is 0. The van der Waals surface area contributed by atoms with Gasteiger partial charge in [-0.2, -0.15) is 0 Å². The van der Waals surface area contributed by atoms with Crippen LogP contribution in [-0.2, 0) is 9.53 Å². The van der Waals surface area contributed by atoms with E-state index in [0.29, 0.717) is 5.92 Å². The van der Waals surface area contributed by atoms with Crippen molar-refractivity contribution in [3.05, 3.63) is 0 Å². The van der Waals surface area contributed by atoms with Crippen molar-refractivity contribution in [2.24, 2.45) is 5.92 Å². The Kier molecular flexibility index (Phi) is 6.36.